The van der Waals surface area contributed by atoms with E-state index in [1.54, 1.807) is 0 Å². The van der Waals surface area contributed by atoms with Crippen LogP contribution in [-0.2, 0) is 115 Å². The third-order valence-electron chi connectivity index (χ3n) is 29.7. The van der Waals surface area contributed by atoms with E-state index in [9.17, 15) is 0 Å². The van der Waals surface area contributed by atoms with Crippen molar-refractivity contribution in [3.63, 3.8) is 0 Å². The van der Waals surface area contributed by atoms with Crippen molar-refractivity contribution in [3.8, 4) is 44.5 Å². The molecular formula is C120H123Ir4N9-8. The zero-order chi connectivity index (χ0) is 89.8. The molecule has 0 amide bonds. The van der Waals surface area contributed by atoms with Crippen molar-refractivity contribution >= 4 is 68.3 Å². The Bertz CT molecular complexity index is 6570. The van der Waals surface area contributed by atoms with Gasteiger partial charge in [-0.3, -0.25) is 4.98 Å². The summed E-state index contributed by atoms with van der Waals surface area (Å²) < 4.78 is 0. The number of fused-ring (bicyclic) bond motifs is 22. The van der Waals surface area contributed by atoms with E-state index < -0.39 is 0 Å². The molecular weight excluding hydrogens is 2340 g/mol. The molecule has 1 fully saturated rings. The monoisotopic (exact) mass is 2460 g/mol. The number of hydrogen-bond acceptors (Lipinski definition) is 9. The molecule has 0 unspecified atom stereocenters. The number of pyridine rings is 1. The van der Waals surface area contributed by atoms with Crippen molar-refractivity contribution in [2.45, 2.75) is 235 Å². The van der Waals surface area contributed by atoms with Crippen LogP contribution in [0.15, 0.2) is 225 Å². The van der Waals surface area contributed by atoms with Crippen LogP contribution < -0.4 is 19.6 Å². The summed E-state index contributed by atoms with van der Waals surface area (Å²) in [5.41, 5.74) is 49.9. The van der Waals surface area contributed by atoms with E-state index >= 15 is 0 Å². The number of hydrogen-bond donors (Lipinski definition) is 0. The standard InChI is InChI=1S/C32H36N2.C31H32N2.C30H30N2.C27H25N3.4Ir/c1-21(2)33-20-34-28-17-15-24(32(6,7)8)19-27(28)26-18-23(31(3,4)5)14-16-25(26)30(34)29(33)22-12-10-9-11-13-22;1-21(2)32-20-33-29-17-14-22(3)18-27(29)26-16-15-25(23-10-6-4-7-11-23)19-28(26)31(33)30(32)24-12-8-5-9-13-24;1-18-11-8-12-19(2)24(18)28-27-20-13-9-14-21-25(20)26-22(30(5,6)29(21,3)4)15-10-16-23(26)32(27)17-31(28)7;1-18(2)29-17-30-25-10-6-5-9-22(25)23-15-20-7-3-4-8-21(20)16-24(23)27(30)26(29)19-11-13-28-14-12-19;;;;/h9-16,18-21H,1-8H3;5,8-9,12-16,18-21,23H,4,6-7,10-11H2,1-3H3;8-15,17H,1-7H3;5-6,9,11-18H,3-4,7-8H2,1-2H3;;;;/q4*-2;;;;. The molecule has 8 aliphatic heterocycles. The van der Waals surface area contributed by atoms with Crippen LogP contribution in [0.5, 0.6) is 0 Å². The van der Waals surface area contributed by atoms with E-state index in [1.807, 2.05) is 18.5 Å². The maximum Gasteiger partial charge on any atom is 0.0402 e. The van der Waals surface area contributed by atoms with Gasteiger partial charge in [0, 0.05) is 150 Å². The minimum atomic E-state index is 0. The van der Waals surface area contributed by atoms with E-state index in [1.165, 1.54) is 254 Å². The average molecular weight is 2460 g/mol. The van der Waals surface area contributed by atoms with E-state index in [2.05, 4.69) is 440 Å². The molecule has 13 heteroatoms. The number of aryl methyl sites for hydroxylation is 5. The zero-order valence-electron chi connectivity index (χ0n) is 80.7. The molecule has 0 atom stereocenters. The molecule has 0 saturated heterocycles. The first kappa shape index (κ1) is 96.6. The van der Waals surface area contributed by atoms with Gasteiger partial charge >= 0.3 is 0 Å². The minimum Gasteiger partial charge on any atom is -0.503 e. The van der Waals surface area contributed by atoms with Crippen LogP contribution in [0.2, 0.25) is 0 Å². The Morgan fingerprint density at radius 1 is 0.361 bits per heavy atom. The van der Waals surface area contributed by atoms with Crippen LogP contribution in [0.4, 0.5) is 22.7 Å². The molecule has 692 valence electrons. The van der Waals surface area contributed by atoms with Crippen LogP contribution in [0.3, 0.4) is 0 Å². The van der Waals surface area contributed by atoms with Gasteiger partial charge in [0.1, 0.15) is 0 Å². The van der Waals surface area contributed by atoms with Gasteiger partial charge in [0.25, 0.3) is 0 Å². The Morgan fingerprint density at radius 2 is 0.827 bits per heavy atom. The summed E-state index contributed by atoms with van der Waals surface area (Å²) in [6, 6.07) is 94.1. The number of para-hydroxylation sites is 1. The fourth-order valence-corrected chi connectivity index (χ4v) is 22.1. The SMILES string of the molecule is CC(C)N1[CH-]N2C(=C1c1ccccc1)c1ccc(C(C)(C)C)cc1-c1cc(C(C)(C)C)c[c-]c12.CC(C)N1[CH-]N2C(=C1c1ccncc1)c1cc3c(cc1-c1ccc[c-]c12)CCCC3.Cc1c[c-]c2c(c1)-c1ccc(C3CCCCC3)cc1C1=C(c3ccccc3)N(C(C)C)[CH-]N12.Cc1cccc(C)c1C1=C2c3cccc4c3-c3c([c-]ccc3C(C)(C)C4(C)C)N2[CH-]N1C.[Ir].[Ir].[Ir].[Ir]. The molecule has 9 nitrogen and oxygen atoms in total. The summed E-state index contributed by atoms with van der Waals surface area (Å²) in [5.74, 6) is 0.690. The molecule has 0 bridgehead atoms. The largest absolute Gasteiger partial charge is 0.503 e. The number of aromatic nitrogens is 1. The molecule has 1 saturated carbocycles. The number of nitrogens with zero attached hydrogens (tertiary/aromatic N) is 9. The van der Waals surface area contributed by atoms with Crippen LogP contribution in [0.25, 0.3) is 90.1 Å². The normalized spacial score (nSPS) is 16.9. The second-order valence-electron chi connectivity index (χ2n) is 41.5. The minimum absolute atomic E-state index is 0. The topological polar surface area (TPSA) is 38.8 Å². The Labute approximate surface area is 847 Å². The van der Waals surface area contributed by atoms with Crippen LogP contribution in [-0.4, -0.2) is 49.8 Å². The second-order valence-corrected chi connectivity index (χ2v) is 41.5. The van der Waals surface area contributed by atoms with Crippen molar-refractivity contribution in [3.05, 3.63) is 376 Å². The van der Waals surface area contributed by atoms with Gasteiger partial charge in [-0.1, -0.05) is 279 Å². The molecule has 9 heterocycles. The quantitative estimate of drug-likeness (QED) is 0.138. The Hall–Kier alpha value is -9.47. The average Bonchev–Trinajstić information content (AvgIpc) is 1.67. The molecule has 4 radical (unpaired) electrons. The smallest absolute Gasteiger partial charge is 0.0402 e. The van der Waals surface area contributed by atoms with Gasteiger partial charge in [0.2, 0.25) is 0 Å². The molecule has 12 aromatic rings. The molecule has 11 aliphatic rings. The van der Waals surface area contributed by atoms with Gasteiger partial charge < -0.3 is 39.2 Å². The summed E-state index contributed by atoms with van der Waals surface area (Å²) in [4.78, 5) is 23.3. The van der Waals surface area contributed by atoms with E-state index in [0.29, 0.717) is 24.0 Å². The summed E-state index contributed by atoms with van der Waals surface area (Å²) >= 11 is 0. The summed E-state index contributed by atoms with van der Waals surface area (Å²) in [7, 11) is 2.17. The van der Waals surface area contributed by atoms with Gasteiger partial charge in [-0.25, -0.2) is 0 Å². The molecule has 23 rings (SSSR count). The molecule has 0 spiro atoms. The molecule has 3 aliphatic carbocycles. The second kappa shape index (κ2) is 37.5. The third kappa shape index (κ3) is 16.6. The summed E-state index contributed by atoms with van der Waals surface area (Å²) in [6.07, 6.45) is 15.5. The Morgan fingerprint density at radius 3 is 1.40 bits per heavy atom. The molecule has 133 heavy (non-hydrogen) atoms. The number of anilines is 4. The van der Waals surface area contributed by atoms with Crippen molar-refractivity contribution in [2.24, 2.45) is 0 Å². The van der Waals surface area contributed by atoms with E-state index in [-0.39, 0.29) is 102 Å². The zero-order valence-corrected chi connectivity index (χ0v) is 90.3. The maximum atomic E-state index is 4.26. The molecule has 0 N–H and O–H groups in total. The summed E-state index contributed by atoms with van der Waals surface area (Å²) in [6.45, 7) is 52.6. The predicted octanol–water partition coefficient (Wildman–Crippen LogP) is 29.2. The van der Waals surface area contributed by atoms with E-state index in [0.717, 1.165) is 17.1 Å². The van der Waals surface area contributed by atoms with Crippen LogP contribution in [0, 0.1) is 71.7 Å². The maximum absolute atomic E-state index is 4.26. The number of rotatable bonds is 8. The van der Waals surface area contributed by atoms with Crippen molar-refractivity contribution in [1.82, 2.24) is 24.6 Å². The van der Waals surface area contributed by atoms with Gasteiger partial charge in [0.05, 0.1) is 0 Å². The van der Waals surface area contributed by atoms with Crippen molar-refractivity contribution < 1.29 is 80.4 Å². The van der Waals surface area contributed by atoms with E-state index in [4.69, 9.17) is 0 Å². The fraction of sp³-hybridized carbons (Fsp3) is 0.308. The van der Waals surface area contributed by atoms with Crippen LogP contribution >= 0.6 is 0 Å². The van der Waals surface area contributed by atoms with Crippen molar-refractivity contribution in [2.75, 3.05) is 26.6 Å². The predicted molar refractivity (Wildman–Crippen MR) is 540 cm³/mol. The Balaban J connectivity index is 0.000000128. The van der Waals surface area contributed by atoms with Gasteiger partial charge in [-0.2, -0.15) is 111 Å². The van der Waals surface area contributed by atoms with Gasteiger partial charge in [-0.05, 0) is 238 Å². The first-order valence-electron chi connectivity index (χ1n) is 47.4. The first-order valence-corrected chi connectivity index (χ1v) is 47.4. The van der Waals surface area contributed by atoms with Gasteiger partial charge in [0.15, 0.2) is 0 Å². The van der Waals surface area contributed by atoms with Crippen molar-refractivity contribution in [1.29, 1.82) is 0 Å². The third-order valence-corrected chi connectivity index (χ3v) is 29.7. The Kier molecular flexibility index (Phi) is 27.3. The first-order chi connectivity index (χ1) is 62.0. The van der Waals surface area contributed by atoms with Gasteiger partial charge in [-0.15, -0.1) is 33.4 Å². The molecule has 1 aromatic heterocycles. The molecule has 11 aromatic carbocycles. The fourth-order valence-electron chi connectivity index (χ4n) is 22.1. The summed E-state index contributed by atoms with van der Waals surface area (Å²) in [5, 5.41) is 0. The number of benzene rings is 11. The van der Waals surface area contributed by atoms with Crippen LogP contribution in [0.1, 0.15) is 262 Å².